The fourth-order valence-corrected chi connectivity index (χ4v) is 2.56. The molecule has 0 bridgehead atoms. The predicted molar refractivity (Wildman–Crippen MR) is 71.9 cm³/mol. The third-order valence-corrected chi connectivity index (χ3v) is 3.52. The normalized spacial score (nSPS) is 16.5. The fourth-order valence-electron chi connectivity index (χ4n) is 2.39. The van der Waals surface area contributed by atoms with Crippen LogP contribution < -0.4 is 5.56 Å². The number of aromatic nitrogens is 2. The van der Waals surface area contributed by atoms with Gasteiger partial charge in [-0.05, 0) is 44.1 Å². The highest BCUT2D eigenvalue weighted by molar-refractivity contribution is 6.31. The van der Waals surface area contributed by atoms with Crippen molar-refractivity contribution in [2.75, 3.05) is 13.1 Å². The highest BCUT2D eigenvalue weighted by atomic mass is 35.5. The number of benzene rings is 1. The zero-order chi connectivity index (χ0) is 12.5. The Bertz CT molecular complexity index is 632. The molecule has 2 heterocycles. The highest BCUT2D eigenvalue weighted by Gasteiger charge is 2.13. The third kappa shape index (κ3) is 2.26. The second-order valence-electron chi connectivity index (χ2n) is 4.66. The summed E-state index contributed by atoms with van der Waals surface area (Å²) in [5.74, 6) is 0.733. The average Bonchev–Trinajstić information content (AvgIpc) is 2.83. The molecule has 0 spiro atoms. The summed E-state index contributed by atoms with van der Waals surface area (Å²) in [7, 11) is 0. The molecule has 0 saturated carbocycles. The molecule has 1 fully saturated rings. The molecule has 0 atom stereocenters. The fraction of sp³-hybridized carbons (Fsp3) is 0.385. The van der Waals surface area contributed by atoms with Gasteiger partial charge in [-0.1, -0.05) is 11.6 Å². The van der Waals surface area contributed by atoms with Crippen LogP contribution in [0.15, 0.2) is 23.0 Å². The van der Waals surface area contributed by atoms with E-state index in [2.05, 4.69) is 14.9 Å². The maximum absolute atomic E-state index is 12.0. The van der Waals surface area contributed by atoms with Gasteiger partial charge in [0.05, 0.1) is 17.4 Å². The lowest BCUT2D eigenvalue weighted by Gasteiger charge is -2.13. The standard InChI is InChI=1S/C13H14ClN3O/c14-9-3-4-11-10(7-9)13(18)16-12(15-11)8-17-5-1-2-6-17/h3-4,7H,1-2,5-6,8H2,(H,15,16,18). The van der Waals surface area contributed by atoms with Gasteiger partial charge >= 0.3 is 0 Å². The minimum Gasteiger partial charge on any atom is -0.309 e. The predicted octanol–water partition coefficient (Wildman–Crippen LogP) is 2.17. The van der Waals surface area contributed by atoms with E-state index < -0.39 is 0 Å². The molecule has 0 amide bonds. The molecule has 5 heteroatoms. The molecule has 2 aromatic rings. The molecule has 1 aromatic heterocycles. The average molecular weight is 264 g/mol. The van der Waals surface area contributed by atoms with Crippen molar-refractivity contribution in [3.63, 3.8) is 0 Å². The number of likely N-dealkylation sites (tertiary alicyclic amines) is 1. The van der Waals surface area contributed by atoms with Gasteiger partial charge in [0.1, 0.15) is 5.82 Å². The van der Waals surface area contributed by atoms with Crippen LogP contribution in [0, 0.1) is 0 Å². The number of fused-ring (bicyclic) bond motifs is 1. The Balaban J connectivity index is 1.99. The summed E-state index contributed by atoms with van der Waals surface area (Å²) in [4.78, 5) is 21.6. The molecular weight excluding hydrogens is 250 g/mol. The van der Waals surface area contributed by atoms with Gasteiger partial charge in [0.15, 0.2) is 0 Å². The summed E-state index contributed by atoms with van der Waals surface area (Å²) in [6, 6.07) is 5.21. The van der Waals surface area contributed by atoms with Gasteiger partial charge < -0.3 is 4.98 Å². The number of nitrogens with zero attached hydrogens (tertiary/aromatic N) is 2. The van der Waals surface area contributed by atoms with Crippen molar-refractivity contribution in [3.05, 3.63) is 39.4 Å². The van der Waals surface area contributed by atoms with Crippen molar-refractivity contribution in [1.29, 1.82) is 0 Å². The van der Waals surface area contributed by atoms with E-state index in [1.165, 1.54) is 12.8 Å². The molecule has 18 heavy (non-hydrogen) atoms. The maximum Gasteiger partial charge on any atom is 0.258 e. The topological polar surface area (TPSA) is 49.0 Å². The lowest BCUT2D eigenvalue weighted by atomic mass is 10.2. The van der Waals surface area contributed by atoms with Crippen molar-refractivity contribution in [3.8, 4) is 0 Å². The molecule has 4 nitrogen and oxygen atoms in total. The Morgan fingerprint density at radius 1 is 1.33 bits per heavy atom. The largest absolute Gasteiger partial charge is 0.309 e. The van der Waals surface area contributed by atoms with Gasteiger partial charge in [0.25, 0.3) is 5.56 Å². The Morgan fingerprint density at radius 3 is 2.89 bits per heavy atom. The Kier molecular flexibility index (Phi) is 3.06. The lowest BCUT2D eigenvalue weighted by Crippen LogP contribution is -2.22. The van der Waals surface area contributed by atoms with Gasteiger partial charge in [-0.3, -0.25) is 9.69 Å². The van der Waals surface area contributed by atoms with Gasteiger partial charge in [-0.15, -0.1) is 0 Å². The zero-order valence-corrected chi connectivity index (χ0v) is 10.7. The molecule has 0 unspecified atom stereocenters. The van der Waals surface area contributed by atoms with E-state index in [1.807, 2.05) is 0 Å². The van der Waals surface area contributed by atoms with Gasteiger partial charge in [0.2, 0.25) is 0 Å². The van der Waals surface area contributed by atoms with Crippen LogP contribution in [0.25, 0.3) is 10.9 Å². The van der Waals surface area contributed by atoms with E-state index in [1.54, 1.807) is 18.2 Å². The van der Waals surface area contributed by atoms with Gasteiger partial charge in [-0.25, -0.2) is 4.98 Å². The van der Waals surface area contributed by atoms with Crippen molar-refractivity contribution >= 4 is 22.5 Å². The first-order chi connectivity index (χ1) is 8.72. The van der Waals surface area contributed by atoms with E-state index in [9.17, 15) is 4.79 Å². The first-order valence-electron chi connectivity index (χ1n) is 6.13. The monoisotopic (exact) mass is 263 g/mol. The molecule has 3 rings (SSSR count). The van der Waals surface area contributed by atoms with Crippen LogP contribution in [-0.4, -0.2) is 28.0 Å². The third-order valence-electron chi connectivity index (χ3n) is 3.29. The second kappa shape index (κ2) is 4.71. The SMILES string of the molecule is O=c1[nH]c(CN2CCCC2)nc2ccc(Cl)cc12. The number of nitrogens with one attached hydrogen (secondary N) is 1. The Labute approximate surface area is 110 Å². The first kappa shape index (κ1) is 11.7. The summed E-state index contributed by atoms with van der Waals surface area (Å²) in [6.45, 7) is 2.89. The van der Waals surface area contributed by atoms with Crippen LogP contribution >= 0.6 is 11.6 Å². The maximum atomic E-state index is 12.0. The highest BCUT2D eigenvalue weighted by Crippen LogP contribution is 2.15. The van der Waals surface area contributed by atoms with E-state index in [4.69, 9.17) is 11.6 Å². The summed E-state index contributed by atoms with van der Waals surface area (Å²) in [5, 5.41) is 1.11. The van der Waals surface area contributed by atoms with Crippen LogP contribution in [0.4, 0.5) is 0 Å². The van der Waals surface area contributed by atoms with E-state index in [0.717, 1.165) is 18.9 Å². The van der Waals surface area contributed by atoms with Crippen LogP contribution in [0.3, 0.4) is 0 Å². The minimum atomic E-state index is -0.114. The number of H-pyrrole nitrogens is 1. The quantitative estimate of drug-likeness (QED) is 0.903. The zero-order valence-electron chi connectivity index (χ0n) is 9.95. The number of aromatic amines is 1. The molecular formula is C13H14ClN3O. The number of hydrogen-bond acceptors (Lipinski definition) is 3. The molecule has 0 radical (unpaired) electrons. The molecule has 1 aliphatic rings. The molecule has 0 aliphatic carbocycles. The van der Waals surface area contributed by atoms with Crippen LogP contribution in [0.1, 0.15) is 18.7 Å². The van der Waals surface area contributed by atoms with E-state index in [0.29, 0.717) is 22.5 Å². The van der Waals surface area contributed by atoms with Gasteiger partial charge in [-0.2, -0.15) is 0 Å². The number of rotatable bonds is 2. The smallest absolute Gasteiger partial charge is 0.258 e. The summed E-state index contributed by atoms with van der Waals surface area (Å²) < 4.78 is 0. The summed E-state index contributed by atoms with van der Waals surface area (Å²) >= 11 is 5.88. The van der Waals surface area contributed by atoms with Crippen molar-refractivity contribution in [2.24, 2.45) is 0 Å². The van der Waals surface area contributed by atoms with E-state index >= 15 is 0 Å². The minimum absolute atomic E-state index is 0.114. The lowest BCUT2D eigenvalue weighted by molar-refractivity contribution is 0.322. The van der Waals surface area contributed by atoms with Gasteiger partial charge in [0, 0.05) is 5.02 Å². The summed E-state index contributed by atoms with van der Waals surface area (Å²) in [5.41, 5.74) is 0.592. The van der Waals surface area contributed by atoms with Crippen LogP contribution in [0.2, 0.25) is 5.02 Å². The van der Waals surface area contributed by atoms with Crippen LogP contribution in [0.5, 0.6) is 0 Å². The molecule has 1 N–H and O–H groups in total. The van der Waals surface area contributed by atoms with Crippen molar-refractivity contribution in [1.82, 2.24) is 14.9 Å². The number of halogens is 1. The first-order valence-corrected chi connectivity index (χ1v) is 6.51. The Morgan fingerprint density at radius 2 is 2.11 bits per heavy atom. The molecule has 1 aromatic carbocycles. The van der Waals surface area contributed by atoms with Crippen molar-refractivity contribution < 1.29 is 0 Å². The molecule has 1 aliphatic heterocycles. The molecule has 1 saturated heterocycles. The number of hydrogen-bond donors (Lipinski definition) is 1. The van der Waals surface area contributed by atoms with E-state index in [-0.39, 0.29) is 5.56 Å². The summed E-state index contributed by atoms with van der Waals surface area (Å²) in [6.07, 6.45) is 2.46. The van der Waals surface area contributed by atoms with Crippen LogP contribution in [-0.2, 0) is 6.54 Å². The van der Waals surface area contributed by atoms with Crippen molar-refractivity contribution in [2.45, 2.75) is 19.4 Å². The molecule has 94 valence electrons. The Hall–Kier alpha value is -1.39. The second-order valence-corrected chi connectivity index (χ2v) is 5.09.